The zero-order valence-corrected chi connectivity index (χ0v) is 10.8. The number of thiocarbonyl (C=S) groups is 1. The Labute approximate surface area is 103 Å². The summed E-state index contributed by atoms with van der Waals surface area (Å²) in [6, 6.07) is 6.18. The minimum Gasteiger partial charge on any atom is -0.493 e. The second kappa shape index (κ2) is 6.48. The van der Waals surface area contributed by atoms with Gasteiger partial charge in [0.1, 0.15) is 5.75 Å². The summed E-state index contributed by atoms with van der Waals surface area (Å²) < 4.78 is 5.77. The Morgan fingerprint density at radius 1 is 1.25 bits per heavy atom. The monoisotopic (exact) mass is 237 g/mol. The van der Waals surface area contributed by atoms with E-state index in [-0.39, 0.29) is 0 Å². The van der Waals surface area contributed by atoms with Gasteiger partial charge in [0.05, 0.1) is 11.6 Å². The minimum absolute atomic E-state index is 0.590. The summed E-state index contributed by atoms with van der Waals surface area (Å²) in [5.41, 5.74) is 7.80. The molecule has 0 fully saturated rings. The number of hydrogen-bond donors (Lipinski definition) is 1. The summed E-state index contributed by atoms with van der Waals surface area (Å²) in [6.45, 7) is 4.86. The van der Waals surface area contributed by atoms with E-state index in [9.17, 15) is 0 Å². The molecule has 0 aliphatic heterocycles. The molecule has 0 saturated carbocycles. The summed E-state index contributed by atoms with van der Waals surface area (Å²) in [5.74, 6) is 1.01. The zero-order valence-electron chi connectivity index (χ0n) is 9.95. The van der Waals surface area contributed by atoms with Crippen molar-refractivity contribution in [2.45, 2.75) is 33.1 Å². The summed E-state index contributed by atoms with van der Waals surface area (Å²) >= 11 is 4.82. The third kappa shape index (κ3) is 4.19. The lowest BCUT2D eigenvalue weighted by atomic mass is 10.1. The Kier molecular flexibility index (Phi) is 5.26. The third-order valence-electron chi connectivity index (χ3n) is 2.47. The van der Waals surface area contributed by atoms with Crippen LogP contribution in [0.25, 0.3) is 0 Å². The maximum Gasteiger partial charge on any atom is 0.125 e. The summed E-state index contributed by atoms with van der Waals surface area (Å²) in [5, 5.41) is 0. The molecule has 0 radical (unpaired) electrons. The molecule has 0 amide bonds. The van der Waals surface area contributed by atoms with Crippen LogP contribution in [0.5, 0.6) is 5.75 Å². The van der Waals surface area contributed by atoms with E-state index in [2.05, 4.69) is 26.0 Å². The van der Waals surface area contributed by atoms with Gasteiger partial charge in [-0.3, -0.25) is 0 Å². The number of ether oxygens (including phenoxy) is 1. The van der Waals surface area contributed by atoms with Crippen LogP contribution < -0.4 is 10.5 Å². The van der Waals surface area contributed by atoms with Crippen molar-refractivity contribution in [3.8, 4) is 5.75 Å². The van der Waals surface area contributed by atoms with E-state index >= 15 is 0 Å². The predicted molar refractivity (Wildman–Crippen MR) is 72.0 cm³/mol. The van der Waals surface area contributed by atoms with Crippen LogP contribution in [-0.2, 0) is 0 Å². The summed E-state index contributed by atoms with van der Waals surface area (Å²) in [7, 11) is 0. The standard InChI is InChI=1S/C13H19NOS/c1-10-6-5-7-11(2)13(10)15-9-4-3-8-12(14)16/h5-7H,3-4,8-9H2,1-2H3,(H2,14,16). The smallest absolute Gasteiger partial charge is 0.125 e. The first-order valence-electron chi connectivity index (χ1n) is 5.58. The van der Waals surface area contributed by atoms with Crippen molar-refractivity contribution < 1.29 is 4.74 Å². The lowest BCUT2D eigenvalue weighted by Gasteiger charge is -2.11. The van der Waals surface area contributed by atoms with Crippen LogP contribution in [0.4, 0.5) is 0 Å². The number of aryl methyl sites for hydroxylation is 2. The highest BCUT2D eigenvalue weighted by molar-refractivity contribution is 7.80. The van der Waals surface area contributed by atoms with E-state index < -0.39 is 0 Å². The fraction of sp³-hybridized carbons (Fsp3) is 0.462. The Hall–Kier alpha value is -1.09. The van der Waals surface area contributed by atoms with Crippen molar-refractivity contribution in [1.29, 1.82) is 0 Å². The van der Waals surface area contributed by atoms with Crippen LogP contribution in [0.2, 0.25) is 0 Å². The Morgan fingerprint density at radius 2 is 1.88 bits per heavy atom. The number of nitrogens with two attached hydrogens (primary N) is 1. The van der Waals surface area contributed by atoms with Crippen LogP contribution in [0.3, 0.4) is 0 Å². The molecule has 1 aromatic rings. The average Bonchev–Trinajstić information content (AvgIpc) is 2.21. The van der Waals surface area contributed by atoms with Crippen molar-refractivity contribution >= 4 is 17.2 Å². The highest BCUT2D eigenvalue weighted by atomic mass is 32.1. The SMILES string of the molecule is Cc1cccc(C)c1OCCCCC(N)=S. The predicted octanol–water partition coefficient (Wildman–Crippen LogP) is 3.14. The molecule has 3 heteroatoms. The topological polar surface area (TPSA) is 35.2 Å². The highest BCUT2D eigenvalue weighted by Gasteiger charge is 2.02. The normalized spacial score (nSPS) is 10.1. The number of para-hydroxylation sites is 1. The van der Waals surface area contributed by atoms with Gasteiger partial charge in [0.25, 0.3) is 0 Å². The van der Waals surface area contributed by atoms with Crippen LogP contribution in [0.1, 0.15) is 30.4 Å². The molecule has 16 heavy (non-hydrogen) atoms. The van der Waals surface area contributed by atoms with Crippen molar-refractivity contribution in [2.75, 3.05) is 6.61 Å². The Bertz CT molecular complexity index is 343. The van der Waals surface area contributed by atoms with E-state index in [1.807, 2.05) is 6.07 Å². The molecule has 2 N–H and O–H groups in total. The van der Waals surface area contributed by atoms with Crippen LogP contribution in [0.15, 0.2) is 18.2 Å². The van der Waals surface area contributed by atoms with Crippen LogP contribution >= 0.6 is 12.2 Å². The van der Waals surface area contributed by atoms with E-state index in [1.54, 1.807) is 0 Å². The van der Waals surface area contributed by atoms with Gasteiger partial charge in [0.2, 0.25) is 0 Å². The Morgan fingerprint density at radius 3 is 2.44 bits per heavy atom. The van der Waals surface area contributed by atoms with Gasteiger partial charge in [-0.2, -0.15) is 0 Å². The van der Waals surface area contributed by atoms with Crippen molar-refractivity contribution in [1.82, 2.24) is 0 Å². The molecule has 88 valence electrons. The minimum atomic E-state index is 0.590. The second-order valence-electron chi connectivity index (χ2n) is 3.99. The van der Waals surface area contributed by atoms with E-state index in [0.29, 0.717) is 4.99 Å². The van der Waals surface area contributed by atoms with E-state index in [1.165, 1.54) is 11.1 Å². The molecule has 0 atom stereocenters. The van der Waals surface area contributed by atoms with Crippen LogP contribution in [0, 0.1) is 13.8 Å². The molecular formula is C13H19NOS. The molecule has 0 unspecified atom stereocenters. The van der Waals surface area contributed by atoms with Crippen molar-refractivity contribution in [2.24, 2.45) is 5.73 Å². The summed E-state index contributed by atoms with van der Waals surface area (Å²) in [4.78, 5) is 0.590. The number of rotatable bonds is 6. The van der Waals surface area contributed by atoms with Gasteiger partial charge in [-0.1, -0.05) is 30.4 Å². The second-order valence-corrected chi connectivity index (χ2v) is 4.52. The molecule has 0 heterocycles. The van der Waals surface area contributed by atoms with Gasteiger partial charge in [0.15, 0.2) is 0 Å². The fourth-order valence-electron chi connectivity index (χ4n) is 1.60. The molecule has 1 aromatic carbocycles. The summed E-state index contributed by atoms with van der Waals surface area (Å²) in [6.07, 6.45) is 2.80. The van der Waals surface area contributed by atoms with E-state index in [4.69, 9.17) is 22.7 Å². The maximum absolute atomic E-state index is 5.77. The molecule has 2 nitrogen and oxygen atoms in total. The first-order chi connectivity index (χ1) is 7.61. The lowest BCUT2D eigenvalue weighted by Crippen LogP contribution is -2.08. The largest absolute Gasteiger partial charge is 0.493 e. The molecule has 0 aromatic heterocycles. The van der Waals surface area contributed by atoms with Gasteiger partial charge in [-0.15, -0.1) is 0 Å². The molecule has 0 spiro atoms. The first kappa shape index (κ1) is 13.0. The Balaban J connectivity index is 2.34. The number of benzene rings is 1. The molecule has 0 aliphatic rings. The number of hydrogen-bond acceptors (Lipinski definition) is 2. The van der Waals surface area contributed by atoms with Crippen molar-refractivity contribution in [3.63, 3.8) is 0 Å². The van der Waals surface area contributed by atoms with Gasteiger partial charge < -0.3 is 10.5 Å². The fourth-order valence-corrected chi connectivity index (χ4v) is 1.75. The maximum atomic E-state index is 5.77. The zero-order chi connectivity index (χ0) is 12.0. The molecular weight excluding hydrogens is 218 g/mol. The van der Waals surface area contributed by atoms with E-state index in [0.717, 1.165) is 31.6 Å². The first-order valence-corrected chi connectivity index (χ1v) is 5.99. The average molecular weight is 237 g/mol. The molecule has 0 saturated heterocycles. The quantitative estimate of drug-likeness (QED) is 0.610. The molecule has 0 aliphatic carbocycles. The molecule has 0 bridgehead atoms. The van der Waals surface area contributed by atoms with Gasteiger partial charge in [-0.25, -0.2) is 0 Å². The van der Waals surface area contributed by atoms with Gasteiger partial charge in [-0.05, 0) is 44.2 Å². The third-order valence-corrected chi connectivity index (χ3v) is 2.68. The van der Waals surface area contributed by atoms with Crippen molar-refractivity contribution in [3.05, 3.63) is 29.3 Å². The molecule has 1 rings (SSSR count). The van der Waals surface area contributed by atoms with Gasteiger partial charge in [0, 0.05) is 0 Å². The highest BCUT2D eigenvalue weighted by Crippen LogP contribution is 2.22. The number of unbranched alkanes of at least 4 members (excludes halogenated alkanes) is 1. The van der Waals surface area contributed by atoms with Gasteiger partial charge >= 0.3 is 0 Å². The lowest BCUT2D eigenvalue weighted by molar-refractivity contribution is 0.304. The van der Waals surface area contributed by atoms with Crippen LogP contribution in [-0.4, -0.2) is 11.6 Å².